The van der Waals surface area contributed by atoms with Crippen LogP contribution in [0.25, 0.3) is 27.6 Å². The van der Waals surface area contributed by atoms with Gasteiger partial charge in [-0.05, 0) is 31.5 Å². The van der Waals surface area contributed by atoms with Crippen molar-refractivity contribution in [3.8, 4) is 5.69 Å². The van der Waals surface area contributed by atoms with Gasteiger partial charge in [0.1, 0.15) is 11.0 Å². The smallest absolute Gasteiger partial charge is 0.283 e. The Morgan fingerprint density at radius 1 is 1.15 bits per heavy atom. The van der Waals surface area contributed by atoms with Gasteiger partial charge < -0.3 is 4.98 Å². The third kappa shape index (κ3) is 2.82. The molecule has 0 fully saturated rings. The Hall–Kier alpha value is -2.53. The maximum Gasteiger partial charge on any atom is 0.283 e. The SMILES string of the molecule is CC[C@H](C)Sc1nc2c([nH]c3ccccc32)c(=O)n1-c1ccc(C)cc1. The van der Waals surface area contributed by atoms with Gasteiger partial charge in [-0.25, -0.2) is 4.98 Å². The molecule has 2 aromatic carbocycles. The number of aromatic nitrogens is 3. The van der Waals surface area contributed by atoms with Gasteiger partial charge in [-0.2, -0.15) is 0 Å². The summed E-state index contributed by atoms with van der Waals surface area (Å²) in [5.74, 6) is 0. The van der Waals surface area contributed by atoms with Gasteiger partial charge in [0.2, 0.25) is 0 Å². The lowest BCUT2D eigenvalue weighted by Crippen LogP contribution is -2.22. The average Bonchev–Trinajstić information content (AvgIpc) is 3.02. The molecular weight excluding hydrogens is 342 g/mol. The van der Waals surface area contributed by atoms with Gasteiger partial charge in [0.15, 0.2) is 5.16 Å². The summed E-state index contributed by atoms with van der Waals surface area (Å²) < 4.78 is 1.73. The molecule has 0 bridgehead atoms. The lowest BCUT2D eigenvalue weighted by molar-refractivity contribution is 0.805. The first kappa shape index (κ1) is 16.9. The van der Waals surface area contributed by atoms with E-state index < -0.39 is 0 Å². The molecule has 26 heavy (non-hydrogen) atoms. The quantitative estimate of drug-likeness (QED) is 0.407. The molecule has 0 amide bonds. The van der Waals surface area contributed by atoms with Crippen LogP contribution >= 0.6 is 11.8 Å². The first-order chi connectivity index (χ1) is 12.6. The average molecular weight is 363 g/mol. The molecule has 0 saturated carbocycles. The van der Waals surface area contributed by atoms with Crippen LogP contribution in [0.5, 0.6) is 0 Å². The predicted molar refractivity (Wildman–Crippen MR) is 110 cm³/mol. The highest BCUT2D eigenvalue weighted by Crippen LogP contribution is 2.29. The number of fused-ring (bicyclic) bond motifs is 3. The largest absolute Gasteiger partial charge is 0.349 e. The summed E-state index contributed by atoms with van der Waals surface area (Å²) in [6, 6.07) is 15.9. The molecule has 4 aromatic rings. The van der Waals surface area contributed by atoms with Gasteiger partial charge in [-0.15, -0.1) is 0 Å². The van der Waals surface area contributed by atoms with Crippen molar-refractivity contribution in [1.82, 2.24) is 14.5 Å². The third-order valence-electron chi connectivity index (χ3n) is 4.67. The maximum absolute atomic E-state index is 13.4. The van der Waals surface area contributed by atoms with Crippen LogP contribution in [0.3, 0.4) is 0 Å². The second-order valence-electron chi connectivity index (χ2n) is 6.60. The lowest BCUT2D eigenvalue weighted by Gasteiger charge is -2.15. The van der Waals surface area contributed by atoms with Crippen molar-refractivity contribution in [2.24, 2.45) is 0 Å². The van der Waals surface area contributed by atoms with Gasteiger partial charge in [-0.1, -0.05) is 61.5 Å². The van der Waals surface area contributed by atoms with Gasteiger partial charge >= 0.3 is 0 Å². The fraction of sp³-hybridized carbons (Fsp3) is 0.238. The first-order valence-corrected chi connectivity index (χ1v) is 9.73. The monoisotopic (exact) mass is 363 g/mol. The minimum absolute atomic E-state index is 0.0548. The van der Waals surface area contributed by atoms with Crippen LogP contribution in [0.15, 0.2) is 58.5 Å². The molecule has 0 unspecified atom stereocenters. The molecule has 0 aliphatic rings. The van der Waals surface area contributed by atoms with Crippen LogP contribution in [-0.4, -0.2) is 19.8 Å². The molecule has 5 heteroatoms. The highest BCUT2D eigenvalue weighted by molar-refractivity contribution is 7.99. The molecule has 0 aliphatic carbocycles. The van der Waals surface area contributed by atoms with Crippen LogP contribution in [0.2, 0.25) is 0 Å². The molecule has 2 heterocycles. The van der Waals surface area contributed by atoms with Crippen molar-refractivity contribution < 1.29 is 0 Å². The molecule has 1 atom stereocenters. The van der Waals surface area contributed by atoms with E-state index in [4.69, 9.17) is 4.98 Å². The minimum Gasteiger partial charge on any atom is -0.349 e. The number of hydrogen-bond donors (Lipinski definition) is 1. The van der Waals surface area contributed by atoms with Gasteiger partial charge in [0.05, 0.1) is 5.69 Å². The number of thioether (sulfide) groups is 1. The number of H-pyrrole nitrogens is 1. The Morgan fingerprint density at radius 2 is 1.88 bits per heavy atom. The third-order valence-corrected chi connectivity index (χ3v) is 5.89. The van der Waals surface area contributed by atoms with Crippen molar-refractivity contribution in [3.05, 3.63) is 64.4 Å². The molecule has 2 aromatic heterocycles. The van der Waals surface area contributed by atoms with Crippen LogP contribution in [-0.2, 0) is 0 Å². The molecule has 4 nitrogen and oxygen atoms in total. The minimum atomic E-state index is -0.0548. The number of rotatable bonds is 4. The van der Waals surface area contributed by atoms with Crippen LogP contribution < -0.4 is 5.56 Å². The van der Waals surface area contributed by atoms with E-state index >= 15 is 0 Å². The number of para-hydroxylation sites is 1. The van der Waals surface area contributed by atoms with Crippen molar-refractivity contribution in [2.45, 2.75) is 37.6 Å². The summed E-state index contributed by atoms with van der Waals surface area (Å²) in [5.41, 5.74) is 4.20. The van der Waals surface area contributed by atoms with E-state index in [2.05, 4.69) is 18.8 Å². The highest BCUT2D eigenvalue weighted by Gasteiger charge is 2.18. The number of nitrogens with zero attached hydrogens (tertiary/aromatic N) is 2. The van der Waals surface area contributed by atoms with Crippen LogP contribution in [0.4, 0.5) is 0 Å². The number of benzene rings is 2. The summed E-state index contributed by atoms with van der Waals surface area (Å²) in [6.45, 7) is 6.35. The summed E-state index contributed by atoms with van der Waals surface area (Å²) in [7, 11) is 0. The Balaban J connectivity index is 2.05. The van der Waals surface area contributed by atoms with Crippen molar-refractivity contribution in [2.75, 3.05) is 0 Å². The molecule has 0 aliphatic heterocycles. The van der Waals surface area contributed by atoms with E-state index in [1.54, 1.807) is 16.3 Å². The van der Waals surface area contributed by atoms with Crippen molar-refractivity contribution in [1.29, 1.82) is 0 Å². The number of hydrogen-bond acceptors (Lipinski definition) is 3. The number of aryl methyl sites for hydroxylation is 1. The van der Waals surface area contributed by atoms with Crippen LogP contribution in [0, 0.1) is 6.92 Å². The van der Waals surface area contributed by atoms with E-state index in [9.17, 15) is 4.79 Å². The zero-order chi connectivity index (χ0) is 18.3. The predicted octanol–water partition coefficient (Wildman–Crippen LogP) is 5.07. The van der Waals surface area contributed by atoms with E-state index in [0.29, 0.717) is 10.8 Å². The summed E-state index contributed by atoms with van der Waals surface area (Å²) >= 11 is 1.65. The molecule has 1 N–H and O–H groups in total. The van der Waals surface area contributed by atoms with Gasteiger partial charge in [0, 0.05) is 16.2 Å². The van der Waals surface area contributed by atoms with Crippen molar-refractivity contribution in [3.63, 3.8) is 0 Å². The van der Waals surface area contributed by atoms with Crippen LogP contribution in [0.1, 0.15) is 25.8 Å². The Labute approximate surface area is 156 Å². The zero-order valence-corrected chi connectivity index (χ0v) is 15.9. The van der Waals surface area contributed by atoms with Crippen molar-refractivity contribution >= 4 is 33.7 Å². The molecule has 132 valence electrons. The maximum atomic E-state index is 13.4. The summed E-state index contributed by atoms with van der Waals surface area (Å²) in [5, 5.41) is 2.10. The molecular formula is C21H21N3OS. The Morgan fingerprint density at radius 3 is 2.62 bits per heavy atom. The second kappa shape index (κ2) is 6.65. The second-order valence-corrected chi connectivity index (χ2v) is 8.01. The topological polar surface area (TPSA) is 50.7 Å². The standard InChI is InChI=1S/C21H21N3OS/c1-4-14(3)26-21-23-18-16-7-5-6-8-17(16)22-19(18)20(25)24(21)15-11-9-13(2)10-12-15/h5-12,14,22H,4H2,1-3H3/t14-/m0/s1. The van der Waals surface area contributed by atoms with E-state index in [1.165, 1.54) is 0 Å². The molecule has 0 radical (unpaired) electrons. The highest BCUT2D eigenvalue weighted by atomic mass is 32.2. The van der Waals surface area contributed by atoms with Gasteiger partial charge in [-0.3, -0.25) is 9.36 Å². The molecule has 4 rings (SSSR count). The molecule has 0 saturated heterocycles. The normalized spacial score (nSPS) is 12.7. The van der Waals surface area contributed by atoms with E-state index in [1.807, 2.05) is 55.5 Å². The first-order valence-electron chi connectivity index (χ1n) is 8.85. The molecule has 0 spiro atoms. The number of nitrogens with one attached hydrogen (secondary N) is 1. The number of aromatic amines is 1. The Kier molecular flexibility index (Phi) is 4.32. The van der Waals surface area contributed by atoms with E-state index in [0.717, 1.165) is 39.2 Å². The van der Waals surface area contributed by atoms with E-state index in [-0.39, 0.29) is 5.56 Å². The summed E-state index contributed by atoms with van der Waals surface area (Å²) in [6.07, 6.45) is 1.01. The van der Waals surface area contributed by atoms with Gasteiger partial charge in [0.25, 0.3) is 5.56 Å². The Bertz CT molecular complexity index is 1140. The fourth-order valence-corrected chi connectivity index (χ4v) is 3.97. The lowest BCUT2D eigenvalue weighted by atomic mass is 10.2. The summed E-state index contributed by atoms with van der Waals surface area (Å²) in [4.78, 5) is 21.5. The fourth-order valence-electron chi connectivity index (χ4n) is 3.01. The zero-order valence-electron chi connectivity index (χ0n) is 15.1.